The molecule has 0 aliphatic carbocycles. The zero-order chi connectivity index (χ0) is 12.7. The van der Waals surface area contributed by atoms with Gasteiger partial charge in [0.05, 0.1) is 6.34 Å². The topological polar surface area (TPSA) is 64.9 Å². The molecule has 0 saturated heterocycles. The van der Waals surface area contributed by atoms with Gasteiger partial charge in [-0.3, -0.25) is 9.79 Å². The SMILES string of the molecule is C=C(C)C(=C)N(CC(=O)O)C(=C)NC=NC. The Morgan fingerprint density at radius 3 is 2.44 bits per heavy atom. The minimum absolute atomic E-state index is 0.227. The molecule has 0 atom stereocenters. The second kappa shape index (κ2) is 6.44. The Morgan fingerprint density at radius 2 is 2.06 bits per heavy atom. The van der Waals surface area contributed by atoms with Crippen LogP contribution in [0.4, 0.5) is 0 Å². The molecular formula is C11H17N3O2. The molecule has 88 valence electrons. The molecule has 5 heteroatoms. The van der Waals surface area contributed by atoms with E-state index < -0.39 is 5.97 Å². The number of carboxylic acids is 1. The lowest BCUT2D eigenvalue weighted by Crippen LogP contribution is -2.34. The second-order valence-corrected chi connectivity index (χ2v) is 3.19. The number of carboxylic acid groups (broad SMARTS) is 1. The van der Waals surface area contributed by atoms with Crippen LogP contribution in [0.1, 0.15) is 6.92 Å². The summed E-state index contributed by atoms with van der Waals surface area (Å²) in [5.41, 5.74) is 1.18. The first kappa shape index (κ1) is 14.0. The van der Waals surface area contributed by atoms with Crippen molar-refractivity contribution in [2.45, 2.75) is 6.92 Å². The molecule has 0 aromatic carbocycles. The van der Waals surface area contributed by atoms with Gasteiger partial charge in [0, 0.05) is 12.7 Å². The summed E-state index contributed by atoms with van der Waals surface area (Å²) in [5, 5.41) is 11.5. The van der Waals surface area contributed by atoms with Crippen LogP contribution in [0.15, 0.2) is 41.8 Å². The average Bonchev–Trinajstić information content (AvgIpc) is 2.21. The van der Waals surface area contributed by atoms with Crippen LogP contribution in [0.3, 0.4) is 0 Å². The fourth-order valence-electron chi connectivity index (χ4n) is 0.936. The van der Waals surface area contributed by atoms with Crippen molar-refractivity contribution in [3.05, 3.63) is 36.8 Å². The first-order valence-electron chi connectivity index (χ1n) is 4.60. The molecule has 0 aromatic rings. The molecule has 2 N–H and O–H groups in total. The third-order valence-corrected chi connectivity index (χ3v) is 1.80. The highest BCUT2D eigenvalue weighted by molar-refractivity contribution is 5.70. The fraction of sp³-hybridized carbons (Fsp3) is 0.273. The molecule has 0 unspecified atom stereocenters. The number of hydrogen-bond acceptors (Lipinski definition) is 3. The maximum absolute atomic E-state index is 10.7. The Morgan fingerprint density at radius 1 is 1.50 bits per heavy atom. The number of nitrogens with one attached hydrogen (secondary N) is 1. The van der Waals surface area contributed by atoms with Crippen LogP contribution in [-0.2, 0) is 4.79 Å². The predicted octanol–water partition coefficient (Wildman–Crippen LogP) is 1.18. The van der Waals surface area contributed by atoms with E-state index >= 15 is 0 Å². The molecule has 0 aliphatic heterocycles. The van der Waals surface area contributed by atoms with E-state index in [0.29, 0.717) is 17.1 Å². The summed E-state index contributed by atoms with van der Waals surface area (Å²) >= 11 is 0. The van der Waals surface area contributed by atoms with Gasteiger partial charge in [-0.25, -0.2) is 0 Å². The molecule has 0 fully saturated rings. The van der Waals surface area contributed by atoms with Gasteiger partial charge in [-0.2, -0.15) is 0 Å². The van der Waals surface area contributed by atoms with Gasteiger partial charge in [0.15, 0.2) is 0 Å². The molecule has 0 heterocycles. The summed E-state index contributed by atoms with van der Waals surface area (Å²) in [5.74, 6) is -0.584. The van der Waals surface area contributed by atoms with Crippen LogP contribution in [0.5, 0.6) is 0 Å². The maximum atomic E-state index is 10.7. The fourth-order valence-corrected chi connectivity index (χ4v) is 0.936. The molecule has 0 aliphatic rings. The summed E-state index contributed by atoms with van der Waals surface area (Å²) in [6, 6.07) is 0. The smallest absolute Gasteiger partial charge is 0.323 e. The summed E-state index contributed by atoms with van der Waals surface area (Å²) in [6.07, 6.45) is 1.42. The molecule has 0 saturated carbocycles. The zero-order valence-electron chi connectivity index (χ0n) is 9.66. The summed E-state index contributed by atoms with van der Waals surface area (Å²) in [4.78, 5) is 15.8. The van der Waals surface area contributed by atoms with Gasteiger partial charge in [0.2, 0.25) is 0 Å². The van der Waals surface area contributed by atoms with Gasteiger partial charge in [-0.1, -0.05) is 19.7 Å². The largest absolute Gasteiger partial charge is 0.480 e. The Hall–Kier alpha value is -2.04. The quantitative estimate of drug-likeness (QED) is 0.386. The van der Waals surface area contributed by atoms with Gasteiger partial charge in [0.25, 0.3) is 0 Å². The van der Waals surface area contributed by atoms with E-state index in [-0.39, 0.29) is 6.54 Å². The third kappa shape index (κ3) is 4.45. The first-order valence-corrected chi connectivity index (χ1v) is 4.60. The van der Waals surface area contributed by atoms with Crippen molar-refractivity contribution in [1.29, 1.82) is 0 Å². The van der Waals surface area contributed by atoms with Gasteiger partial charge in [0.1, 0.15) is 12.4 Å². The molecule has 0 bridgehead atoms. The standard InChI is InChI=1S/C11H17N3O2/c1-8(2)9(3)14(6-11(15)16)10(4)13-7-12-5/h7H,1,3-4,6H2,2,5H3,(H,12,13)(H,15,16). The van der Waals surface area contributed by atoms with E-state index in [1.165, 1.54) is 11.2 Å². The van der Waals surface area contributed by atoms with Crippen molar-refractivity contribution < 1.29 is 9.90 Å². The Balaban J connectivity index is 4.79. The monoisotopic (exact) mass is 223 g/mol. The molecular weight excluding hydrogens is 206 g/mol. The van der Waals surface area contributed by atoms with Crippen LogP contribution in [0, 0.1) is 0 Å². The van der Waals surface area contributed by atoms with E-state index in [0.717, 1.165) is 0 Å². The zero-order valence-corrected chi connectivity index (χ0v) is 9.66. The average molecular weight is 223 g/mol. The van der Waals surface area contributed by atoms with E-state index in [4.69, 9.17) is 5.11 Å². The highest BCUT2D eigenvalue weighted by Gasteiger charge is 2.14. The molecule has 0 radical (unpaired) electrons. The van der Waals surface area contributed by atoms with Crippen LogP contribution < -0.4 is 5.32 Å². The van der Waals surface area contributed by atoms with Crippen molar-refractivity contribution in [3.63, 3.8) is 0 Å². The molecule has 5 nitrogen and oxygen atoms in total. The van der Waals surface area contributed by atoms with E-state index in [2.05, 4.69) is 30.0 Å². The molecule has 0 spiro atoms. The molecule has 16 heavy (non-hydrogen) atoms. The summed E-state index contributed by atoms with van der Waals surface area (Å²) in [6.45, 7) is 12.7. The minimum atomic E-state index is -0.973. The number of hydrogen-bond donors (Lipinski definition) is 2. The van der Waals surface area contributed by atoms with E-state index in [9.17, 15) is 4.79 Å². The number of allylic oxidation sites excluding steroid dienone is 1. The number of aliphatic imine (C=N–C) groups is 1. The second-order valence-electron chi connectivity index (χ2n) is 3.19. The third-order valence-electron chi connectivity index (χ3n) is 1.80. The highest BCUT2D eigenvalue weighted by atomic mass is 16.4. The van der Waals surface area contributed by atoms with Crippen LogP contribution in [-0.4, -0.2) is 35.9 Å². The van der Waals surface area contributed by atoms with Crippen molar-refractivity contribution in [3.8, 4) is 0 Å². The molecule has 0 rings (SSSR count). The van der Waals surface area contributed by atoms with E-state index in [1.807, 2.05) is 0 Å². The highest BCUT2D eigenvalue weighted by Crippen LogP contribution is 2.14. The minimum Gasteiger partial charge on any atom is -0.480 e. The summed E-state index contributed by atoms with van der Waals surface area (Å²) < 4.78 is 0. The van der Waals surface area contributed by atoms with Crippen LogP contribution >= 0.6 is 0 Å². The van der Waals surface area contributed by atoms with Crippen molar-refractivity contribution in [1.82, 2.24) is 10.2 Å². The number of aliphatic carboxylic acids is 1. The van der Waals surface area contributed by atoms with Gasteiger partial charge >= 0.3 is 5.97 Å². The van der Waals surface area contributed by atoms with Gasteiger partial charge in [-0.15, -0.1) is 0 Å². The number of nitrogens with zero attached hydrogens (tertiary/aromatic N) is 2. The lowest BCUT2D eigenvalue weighted by atomic mass is 10.2. The van der Waals surface area contributed by atoms with Gasteiger partial charge in [-0.05, 0) is 12.5 Å². The maximum Gasteiger partial charge on any atom is 0.323 e. The van der Waals surface area contributed by atoms with Crippen LogP contribution in [0.25, 0.3) is 0 Å². The normalized spacial score (nSPS) is 9.88. The summed E-state index contributed by atoms with van der Waals surface area (Å²) in [7, 11) is 1.59. The number of rotatable bonds is 7. The van der Waals surface area contributed by atoms with Crippen molar-refractivity contribution in [2.75, 3.05) is 13.6 Å². The Labute approximate surface area is 95.5 Å². The molecule has 0 aromatic heterocycles. The van der Waals surface area contributed by atoms with E-state index in [1.54, 1.807) is 14.0 Å². The predicted molar refractivity (Wildman–Crippen MR) is 65.0 cm³/mol. The lowest BCUT2D eigenvalue weighted by molar-refractivity contribution is -0.137. The van der Waals surface area contributed by atoms with Crippen molar-refractivity contribution >= 4 is 12.3 Å². The Bertz CT molecular complexity index is 345. The lowest BCUT2D eigenvalue weighted by Gasteiger charge is -2.26. The van der Waals surface area contributed by atoms with Gasteiger partial charge < -0.3 is 15.3 Å². The van der Waals surface area contributed by atoms with Crippen LogP contribution in [0.2, 0.25) is 0 Å². The number of carbonyl (C=O) groups is 1. The van der Waals surface area contributed by atoms with Crippen molar-refractivity contribution in [2.24, 2.45) is 4.99 Å². The Kier molecular flexibility index (Phi) is 5.62. The molecule has 0 amide bonds. The first-order chi connectivity index (χ1) is 7.40.